The number of rotatable bonds is 2. The molecule has 1 aliphatic heterocycles. The lowest BCUT2D eigenvalue weighted by Crippen LogP contribution is -2.25. The molecule has 100 valence electrons. The van der Waals surface area contributed by atoms with Crippen molar-refractivity contribution in [1.82, 2.24) is 19.9 Å². The Balaban J connectivity index is 2.16. The highest BCUT2D eigenvalue weighted by molar-refractivity contribution is 5.77. The summed E-state index contributed by atoms with van der Waals surface area (Å²) in [4.78, 5) is 25.4. The molecule has 0 aromatic carbocycles. The smallest absolute Gasteiger partial charge is 0.147 e. The van der Waals surface area contributed by atoms with Crippen molar-refractivity contribution in [2.45, 2.75) is 6.04 Å². The second-order valence-electron chi connectivity index (χ2n) is 4.58. The van der Waals surface area contributed by atoms with E-state index in [9.17, 15) is 4.79 Å². The molecule has 1 atom stereocenters. The predicted molar refractivity (Wildman–Crippen MR) is 75.3 cm³/mol. The number of pyridine rings is 1. The fourth-order valence-electron chi connectivity index (χ4n) is 2.29. The number of nitrogens with two attached hydrogens (primary N) is 1. The molecular formula is C14H13N5O. The van der Waals surface area contributed by atoms with Gasteiger partial charge in [-0.2, -0.15) is 0 Å². The fourth-order valence-corrected chi connectivity index (χ4v) is 2.29. The van der Waals surface area contributed by atoms with Gasteiger partial charge in [-0.1, -0.05) is 0 Å². The van der Waals surface area contributed by atoms with Gasteiger partial charge in [-0.25, -0.2) is 15.0 Å². The molecule has 0 aliphatic carbocycles. The van der Waals surface area contributed by atoms with Gasteiger partial charge in [0, 0.05) is 36.8 Å². The Bertz CT molecular complexity index is 683. The van der Waals surface area contributed by atoms with Gasteiger partial charge < -0.3 is 15.4 Å². The molecule has 2 aromatic rings. The standard InChI is InChI=1S/C14H13N5O/c1-19-3-2-9-4-11(10-5-16-8-17-6-10)18-14(15)13(9)12(19)7-20/h2-8,12H,1H3,(H2,15,18). The van der Waals surface area contributed by atoms with E-state index in [0.29, 0.717) is 11.5 Å². The molecular weight excluding hydrogens is 254 g/mol. The summed E-state index contributed by atoms with van der Waals surface area (Å²) in [6, 6.07) is 1.49. The third-order valence-electron chi connectivity index (χ3n) is 3.33. The summed E-state index contributed by atoms with van der Waals surface area (Å²) < 4.78 is 0. The number of hydrogen-bond acceptors (Lipinski definition) is 6. The highest BCUT2D eigenvalue weighted by Crippen LogP contribution is 2.33. The normalized spacial score (nSPS) is 16.9. The molecule has 3 heterocycles. The first-order chi connectivity index (χ1) is 9.70. The Morgan fingerprint density at radius 2 is 2.10 bits per heavy atom. The number of likely N-dealkylation sites (N-methyl/N-ethyl adjacent to an activating group) is 1. The molecule has 0 saturated carbocycles. The van der Waals surface area contributed by atoms with Gasteiger partial charge in [0.2, 0.25) is 0 Å². The minimum atomic E-state index is -0.399. The number of aldehydes is 1. The Kier molecular flexibility index (Phi) is 2.90. The highest BCUT2D eigenvalue weighted by atomic mass is 16.1. The summed E-state index contributed by atoms with van der Waals surface area (Å²) in [7, 11) is 1.83. The molecule has 0 radical (unpaired) electrons. The van der Waals surface area contributed by atoms with E-state index in [4.69, 9.17) is 5.73 Å². The van der Waals surface area contributed by atoms with Crippen LogP contribution in [0.5, 0.6) is 0 Å². The van der Waals surface area contributed by atoms with Gasteiger partial charge >= 0.3 is 0 Å². The summed E-state index contributed by atoms with van der Waals surface area (Å²) >= 11 is 0. The third-order valence-corrected chi connectivity index (χ3v) is 3.33. The van der Waals surface area contributed by atoms with Gasteiger partial charge in [-0.3, -0.25) is 0 Å². The first-order valence-electron chi connectivity index (χ1n) is 6.12. The maximum atomic E-state index is 11.3. The van der Waals surface area contributed by atoms with Crippen LogP contribution in [0.3, 0.4) is 0 Å². The average molecular weight is 267 g/mol. The number of carbonyl (C=O) groups is 1. The van der Waals surface area contributed by atoms with Crippen LogP contribution in [0.15, 0.2) is 31.0 Å². The molecule has 0 amide bonds. The Morgan fingerprint density at radius 1 is 1.35 bits per heavy atom. The quantitative estimate of drug-likeness (QED) is 0.825. The number of nitrogens with zero attached hydrogens (tertiary/aromatic N) is 4. The Labute approximate surface area is 116 Å². The Hall–Kier alpha value is -2.76. The second kappa shape index (κ2) is 4.73. The van der Waals surface area contributed by atoms with Gasteiger partial charge in [-0.15, -0.1) is 0 Å². The van der Waals surface area contributed by atoms with Gasteiger partial charge in [-0.05, 0) is 17.7 Å². The van der Waals surface area contributed by atoms with E-state index in [0.717, 1.165) is 23.0 Å². The van der Waals surface area contributed by atoms with E-state index >= 15 is 0 Å². The summed E-state index contributed by atoms with van der Waals surface area (Å²) in [5.74, 6) is 0.356. The molecule has 20 heavy (non-hydrogen) atoms. The van der Waals surface area contributed by atoms with Crippen molar-refractivity contribution in [2.75, 3.05) is 12.8 Å². The minimum absolute atomic E-state index is 0.356. The van der Waals surface area contributed by atoms with Gasteiger partial charge in [0.15, 0.2) is 0 Å². The molecule has 1 aliphatic rings. The van der Waals surface area contributed by atoms with Crippen LogP contribution in [0.1, 0.15) is 17.2 Å². The van der Waals surface area contributed by atoms with Crippen LogP contribution in [-0.4, -0.2) is 33.2 Å². The zero-order chi connectivity index (χ0) is 14.1. The largest absolute Gasteiger partial charge is 0.383 e. The van der Waals surface area contributed by atoms with Crippen LogP contribution < -0.4 is 5.73 Å². The van der Waals surface area contributed by atoms with Crippen molar-refractivity contribution in [2.24, 2.45) is 0 Å². The van der Waals surface area contributed by atoms with Crippen LogP contribution in [0, 0.1) is 0 Å². The van der Waals surface area contributed by atoms with Crippen molar-refractivity contribution in [3.63, 3.8) is 0 Å². The van der Waals surface area contributed by atoms with Gasteiger partial charge in [0.1, 0.15) is 24.5 Å². The molecule has 0 spiro atoms. The zero-order valence-corrected chi connectivity index (χ0v) is 10.9. The molecule has 6 nitrogen and oxygen atoms in total. The summed E-state index contributed by atoms with van der Waals surface area (Å²) in [6.45, 7) is 0. The van der Waals surface area contributed by atoms with E-state index in [1.807, 2.05) is 25.4 Å². The van der Waals surface area contributed by atoms with Crippen LogP contribution in [-0.2, 0) is 4.79 Å². The number of anilines is 1. The zero-order valence-electron chi connectivity index (χ0n) is 10.9. The van der Waals surface area contributed by atoms with Gasteiger partial charge in [0.05, 0.1) is 5.69 Å². The van der Waals surface area contributed by atoms with Crippen LogP contribution in [0.25, 0.3) is 17.3 Å². The molecule has 6 heteroatoms. The molecule has 1 unspecified atom stereocenters. The van der Waals surface area contributed by atoms with E-state index in [1.165, 1.54) is 6.33 Å². The SMILES string of the molecule is CN1C=Cc2cc(-c3cncnc3)nc(N)c2C1C=O. The summed E-state index contributed by atoms with van der Waals surface area (Å²) in [5.41, 5.74) is 9.16. The minimum Gasteiger partial charge on any atom is -0.383 e. The number of hydrogen-bond donors (Lipinski definition) is 1. The number of fused-ring (bicyclic) bond motifs is 1. The molecule has 2 aromatic heterocycles. The molecule has 0 fully saturated rings. The van der Waals surface area contributed by atoms with Crippen LogP contribution in [0.2, 0.25) is 0 Å². The number of nitrogen functional groups attached to an aromatic ring is 1. The van der Waals surface area contributed by atoms with E-state index in [1.54, 1.807) is 17.3 Å². The van der Waals surface area contributed by atoms with E-state index in [2.05, 4.69) is 15.0 Å². The molecule has 2 N–H and O–H groups in total. The highest BCUT2D eigenvalue weighted by Gasteiger charge is 2.24. The Morgan fingerprint density at radius 3 is 2.80 bits per heavy atom. The summed E-state index contributed by atoms with van der Waals surface area (Å²) in [5, 5.41) is 0. The van der Waals surface area contributed by atoms with Crippen molar-refractivity contribution >= 4 is 18.2 Å². The fraction of sp³-hybridized carbons (Fsp3) is 0.143. The maximum Gasteiger partial charge on any atom is 0.147 e. The van der Waals surface area contributed by atoms with Crippen LogP contribution in [0.4, 0.5) is 5.82 Å². The number of carbonyl (C=O) groups excluding carboxylic acids is 1. The monoisotopic (exact) mass is 267 g/mol. The van der Waals surface area contributed by atoms with E-state index < -0.39 is 6.04 Å². The maximum absolute atomic E-state index is 11.3. The first kappa shape index (κ1) is 12.3. The van der Waals surface area contributed by atoms with Crippen molar-refractivity contribution < 1.29 is 4.79 Å². The predicted octanol–water partition coefficient (Wildman–Crippen LogP) is 1.28. The van der Waals surface area contributed by atoms with E-state index in [-0.39, 0.29) is 0 Å². The summed E-state index contributed by atoms with van der Waals surface area (Å²) in [6.07, 6.45) is 9.45. The lowest BCUT2D eigenvalue weighted by Gasteiger charge is -2.28. The molecule has 0 saturated heterocycles. The van der Waals surface area contributed by atoms with Crippen molar-refractivity contribution in [3.05, 3.63) is 42.1 Å². The third kappa shape index (κ3) is 1.91. The van der Waals surface area contributed by atoms with Crippen molar-refractivity contribution in [1.29, 1.82) is 0 Å². The lowest BCUT2D eigenvalue weighted by molar-refractivity contribution is -0.111. The first-order valence-corrected chi connectivity index (χ1v) is 6.12. The molecule has 0 bridgehead atoms. The molecule has 3 rings (SSSR count). The topological polar surface area (TPSA) is 85.0 Å². The average Bonchev–Trinajstić information content (AvgIpc) is 2.48. The van der Waals surface area contributed by atoms with Crippen LogP contribution >= 0.6 is 0 Å². The second-order valence-corrected chi connectivity index (χ2v) is 4.58. The van der Waals surface area contributed by atoms with Crippen molar-refractivity contribution in [3.8, 4) is 11.3 Å². The number of aromatic nitrogens is 3. The lowest BCUT2D eigenvalue weighted by atomic mass is 9.96. The van der Waals surface area contributed by atoms with Gasteiger partial charge in [0.25, 0.3) is 0 Å².